The molecule has 0 amide bonds. The molecule has 0 aliphatic carbocycles. The molecule has 0 aliphatic rings. The summed E-state index contributed by atoms with van der Waals surface area (Å²) in [5.41, 5.74) is 2.15. The molecule has 0 saturated heterocycles. The van der Waals surface area contributed by atoms with Gasteiger partial charge in [0.1, 0.15) is 5.69 Å². The fourth-order valence-electron chi connectivity index (χ4n) is 2.34. The maximum atomic E-state index is 11.9. The normalized spacial score (nSPS) is 10.8. The van der Waals surface area contributed by atoms with Gasteiger partial charge in [0.15, 0.2) is 5.69 Å². The topological polar surface area (TPSA) is 107 Å². The molecule has 0 radical (unpaired) electrons. The molecule has 3 rings (SSSR count). The van der Waals surface area contributed by atoms with Crippen LogP contribution in [-0.4, -0.2) is 38.2 Å². The number of nitrogens with one attached hydrogen (secondary N) is 1. The third-order valence-corrected chi connectivity index (χ3v) is 3.63. The minimum atomic E-state index is -0.507. The van der Waals surface area contributed by atoms with Crippen LogP contribution in [0.5, 0.6) is 0 Å². The first-order valence-electron chi connectivity index (χ1n) is 8.24. The molecule has 8 nitrogen and oxygen atoms in total. The van der Waals surface area contributed by atoms with Crippen molar-refractivity contribution in [1.82, 2.24) is 25.6 Å². The Kier molecular flexibility index (Phi) is 5.17. The van der Waals surface area contributed by atoms with Gasteiger partial charge in [0.05, 0.1) is 6.61 Å². The van der Waals surface area contributed by atoms with E-state index in [1.165, 1.54) is 0 Å². The summed E-state index contributed by atoms with van der Waals surface area (Å²) in [6.45, 7) is 4.14. The molecule has 0 spiro atoms. The number of esters is 1. The number of rotatable bonds is 7. The van der Waals surface area contributed by atoms with Crippen molar-refractivity contribution in [2.75, 3.05) is 6.61 Å². The van der Waals surface area contributed by atoms with Crippen LogP contribution < -0.4 is 0 Å². The van der Waals surface area contributed by atoms with Crippen molar-refractivity contribution in [1.29, 1.82) is 0 Å². The van der Waals surface area contributed by atoms with Crippen LogP contribution in [0.4, 0.5) is 0 Å². The molecule has 8 heteroatoms. The van der Waals surface area contributed by atoms with Crippen LogP contribution in [0.15, 0.2) is 28.7 Å². The van der Waals surface area contributed by atoms with E-state index in [9.17, 15) is 4.79 Å². The summed E-state index contributed by atoms with van der Waals surface area (Å²) in [7, 11) is 0. The molecule has 2 aromatic heterocycles. The van der Waals surface area contributed by atoms with Gasteiger partial charge in [-0.05, 0) is 25.5 Å². The lowest BCUT2D eigenvalue weighted by atomic mass is 10.1. The number of aromatic amines is 1. The lowest BCUT2D eigenvalue weighted by Gasteiger charge is -2.02. The molecular weight excluding hydrogens is 322 g/mol. The number of aromatic nitrogens is 5. The zero-order valence-electron chi connectivity index (χ0n) is 14.2. The Morgan fingerprint density at radius 3 is 2.60 bits per heavy atom. The van der Waals surface area contributed by atoms with Crippen LogP contribution in [0.25, 0.3) is 22.7 Å². The first kappa shape index (κ1) is 16.8. The van der Waals surface area contributed by atoms with Gasteiger partial charge in [0, 0.05) is 17.5 Å². The highest BCUT2D eigenvalue weighted by Crippen LogP contribution is 2.25. The molecule has 130 valence electrons. The molecule has 3 aromatic rings. The smallest absolute Gasteiger partial charge is 0.361 e. The highest BCUT2D eigenvalue weighted by atomic mass is 16.5. The van der Waals surface area contributed by atoms with E-state index in [0.29, 0.717) is 17.5 Å². The molecule has 0 saturated carbocycles. The Bertz CT molecular complexity index is 838. The summed E-state index contributed by atoms with van der Waals surface area (Å²) in [6.07, 6.45) is 2.87. The largest absolute Gasteiger partial charge is 0.461 e. The fraction of sp³-hybridized carbons (Fsp3) is 0.353. The number of hydrogen-bond acceptors (Lipinski definition) is 7. The SMILES string of the molecule is CCCCc1nnc(-c2ccc(-c3n[nH]nc3C(=O)OCC)cc2)o1. The fourth-order valence-corrected chi connectivity index (χ4v) is 2.34. The molecule has 0 aliphatic heterocycles. The Balaban J connectivity index is 1.80. The zero-order chi connectivity index (χ0) is 17.6. The number of carbonyl (C=O) groups is 1. The van der Waals surface area contributed by atoms with E-state index in [1.807, 2.05) is 24.3 Å². The Morgan fingerprint density at radius 1 is 1.12 bits per heavy atom. The van der Waals surface area contributed by atoms with E-state index >= 15 is 0 Å². The molecule has 0 unspecified atom stereocenters. The van der Waals surface area contributed by atoms with E-state index in [2.05, 4.69) is 32.5 Å². The predicted octanol–water partition coefficient (Wildman–Crippen LogP) is 3.04. The lowest BCUT2D eigenvalue weighted by molar-refractivity contribution is 0.0520. The van der Waals surface area contributed by atoms with Crippen molar-refractivity contribution in [2.24, 2.45) is 0 Å². The van der Waals surface area contributed by atoms with Crippen molar-refractivity contribution < 1.29 is 13.9 Å². The number of ether oxygens (including phenoxy) is 1. The van der Waals surface area contributed by atoms with Gasteiger partial charge in [-0.3, -0.25) is 0 Å². The number of unbranched alkanes of at least 4 members (excludes halogenated alkanes) is 1. The van der Waals surface area contributed by atoms with Gasteiger partial charge in [0.25, 0.3) is 0 Å². The minimum Gasteiger partial charge on any atom is -0.461 e. The Hall–Kier alpha value is -3.03. The highest BCUT2D eigenvalue weighted by Gasteiger charge is 2.19. The second-order valence-electron chi connectivity index (χ2n) is 5.42. The second-order valence-corrected chi connectivity index (χ2v) is 5.42. The summed E-state index contributed by atoms with van der Waals surface area (Å²) in [4.78, 5) is 11.9. The van der Waals surface area contributed by atoms with Crippen LogP contribution >= 0.6 is 0 Å². The summed E-state index contributed by atoms with van der Waals surface area (Å²) in [5.74, 6) is 0.609. The van der Waals surface area contributed by atoms with Gasteiger partial charge in [-0.15, -0.1) is 15.3 Å². The van der Waals surface area contributed by atoms with Crippen LogP contribution in [0.3, 0.4) is 0 Å². The maximum Gasteiger partial charge on any atom is 0.361 e. The van der Waals surface area contributed by atoms with Crippen LogP contribution in [-0.2, 0) is 11.2 Å². The molecule has 1 N–H and O–H groups in total. The highest BCUT2D eigenvalue weighted by molar-refractivity contribution is 5.93. The van der Waals surface area contributed by atoms with Crippen molar-refractivity contribution in [3.8, 4) is 22.7 Å². The number of aryl methyl sites for hydroxylation is 1. The van der Waals surface area contributed by atoms with Crippen molar-refractivity contribution in [3.63, 3.8) is 0 Å². The van der Waals surface area contributed by atoms with Crippen molar-refractivity contribution in [2.45, 2.75) is 33.1 Å². The van der Waals surface area contributed by atoms with E-state index < -0.39 is 5.97 Å². The van der Waals surface area contributed by atoms with Crippen molar-refractivity contribution in [3.05, 3.63) is 35.9 Å². The van der Waals surface area contributed by atoms with Gasteiger partial charge in [-0.25, -0.2) is 4.79 Å². The molecule has 0 fully saturated rings. The number of carbonyl (C=O) groups excluding carboxylic acids is 1. The van der Waals surface area contributed by atoms with Gasteiger partial charge in [-0.1, -0.05) is 25.5 Å². The van der Waals surface area contributed by atoms with Crippen LogP contribution in [0, 0.1) is 0 Å². The third-order valence-electron chi connectivity index (χ3n) is 3.63. The molecular formula is C17H19N5O3. The average Bonchev–Trinajstić information content (AvgIpc) is 3.30. The predicted molar refractivity (Wildman–Crippen MR) is 89.7 cm³/mol. The monoisotopic (exact) mass is 341 g/mol. The minimum absolute atomic E-state index is 0.161. The number of benzene rings is 1. The van der Waals surface area contributed by atoms with E-state index in [0.717, 1.165) is 30.4 Å². The second kappa shape index (κ2) is 7.69. The molecule has 0 atom stereocenters. The van der Waals surface area contributed by atoms with Crippen LogP contribution in [0.1, 0.15) is 43.1 Å². The quantitative estimate of drug-likeness (QED) is 0.658. The Labute approximate surface area is 144 Å². The summed E-state index contributed by atoms with van der Waals surface area (Å²) < 4.78 is 10.6. The maximum absolute atomic E-state index is 11.9. The molecule has 2 heterocycles. The summed E-state index contributed by atoms with van der Waals surface area (Å²) >= 11 is 0. The zero-order valence-corrected chi connectivity index (χ0v) is 14.2. The molecule has 25 heavy (non-hydrogen) atoms. The number of hydrogen-bond donors (Lipinski definition) is 1. The van der Waals surface area contributed by atoms with Gasteiger partial charge >= 0.3 is 5.97 Å². The van der Waals surface area contributed by atoms with Gasteiger partial charge in [0.2, 0.25) is 11.8 Å². The number of nitrogens with zero attached hydrogens (tertiary/aromatic N) is 4. The molecule has 1 aromatic carbocycles. The third kappa shape index (κ3) is 3.73. The van der Waals surface area contributed by atoms with E-state index in [4.69, 9.17) is 9.15 Å². The van der Waals surface area contributed by atoms with Crippen molar-refractivity contribution >= 4 is 5.97 Å². The number of H-pyrrole nitrogens is 1. The van der Waals surface area contributed by atoms with Gasteiger partial charge < -0.3 is 9.15 Å². The van der Waals surface area contributed by atoms with E-state index in [-0.39, 0.29) is 12.3 Å². The first-order chi connectivity index (χ1) is 12.2. The van der Waals surface area contributed by atoms with Crippen LogP contribution in [0.2, 0.25) is 0 Å². The Morgan fingerprint density at radius 2 is 1.88 bits per heavy atom. The van der Waals surface area contributed by atoms with Gasteiger partial charge in [-0.2, -0.15) is 10.3 Å². The summed E-state index contributed by atoms with van der Waals surface area (Å²) in [6, 6.07) is 7.34. The van der Waals surface area contributed by atoms with E-state index in [1.54, 1.807) is 6.92 Å². The lowest BCUT2D eigenvalue weighted by Crippen LogP contribution is -2.06. The first-order valence-corrected chi connectivity index (χ1v) is 8.24. The average molecular weight is 341 g/mol. The summed E-state index contributed by atoms with van der Waals surface area (Å²) in [5, 5.41) is 18.5. The standard InChI is InChI=1S/C17H19N5O3/c1-3-5-6-13-18-21-16(25-13)12-9-7-11(8-10-12)14-15(20-22-19-14)17(23)24-4-2/h7-10H,3-6H2,1-2H3,(H,19,20,22). The molecule has 0 bridgehead atoms.